The van der Waals surface area contributed by atoms with Gasteiger partial charge in [0.15, 0.2) is 0 Å². The molecule has 2 aromatic rings. The minimum Gasteiger partial charge on any atom is -0.459 e. The minimum absolute atomic E-state index is 0.166. The number of rotatable bonds is 4. The molecule has 1 aromatic carbocycles. The van der Waals surface area contributed by atoms with Crippen molar-refractivity contribution in [2.24, 2.45) is 0 Å². The molecule has 2 heterocycles. The molecule has 1 aromatic heterocycles. The Morgan fingerprint density at radius 2 is 1.90 bits per heavy atom. The van der Waals surface area contributed by atoms with E-state index in [4.69, 9.17) is 14.4 Å². The Morgan fingerprint density at radius 3 is 2.52 bits per heavy atom. The first-order valence-electron chi connectivity index (χ1n) is 8.74. The summed E-state index contributed by atoms with van der Waals surface area (Å²) in [6, 6.07) is 12.3. The maximum atomic E-state index is 12.5. The normalized spacial score (nSPS) is 15.7. The highest BCUT2D eigenvalue weighted by molar-refractivity contribution is 8.18. The number of esters is 1. The number of hydrogen-bond acceptors (Lipinski definition) is 7. The van der Waals surface area contributed by atoms with Gasteiger partial charge in [-0.2, -0.15) is 5.26 Å². The van der Waals surface area contributed by atoms with E-state index in [-0.39, 0.29) is 4.91 Å². The van der Waals surface area contributed by atoms with E-state index in [9.17, 15) is 14.4 Å². The summed E-state index contributed by atoms with van der Waals surface area (Å²) >= 11 is 0.741. The van der Waals surface area contributed by atoms with Crippen LogP contribution in [0.1, 0.15) is 32.1 Å². The molecule has 0 aliphatic carbocycles. The van der Waals surface area contributed by atoms with E-state index in [2.05, 4.69) is 0 Å². The van der Waals surface area contributed by atoms with Crippen molar-refractivity contribution in [2.75, 3.05) is 6.54 Å². The summed E-state index contributed by atoms with van der Waals surface area (Å²) in [5, 5.41) is 8.33. The van der Waals surface area contributed by atoms with Crippen LogP contribution >= 0.6 is 11.8 Å². The minimum atomic E-state index is -0.704. The van der Waals surface area contributed by atoms with Crippen LogP contribution in [0.25, 0.3) is 17.4 Å². The standard InChI is InChI=1S/C21H18N2O5S/c1-21(2,3)28-18(24)12-23-19(25)17(29-20(23)26)10-15-8-9-16(27-15)14-6-4-13(11-22)5-7-14/h4-10H,12H2,1-3H3/b17-10+. The number of benzene rings is 1. The number of ether oxygens (including phenoxy) is 1. The molecular formula is C21H18N2O5S. The zero-order valence-corrected chi connectivity index (χ0v) is 16.9. The topological polar surface area (TPSA) is 101 Å². The van der Waals surface area contributed by atoms with Crippen LogP contribution in [0.3, 0.4) is 0 Å². The second-order valence-corrected chi connectivity index (χ2v) is 8.24. The molecule has 0 unspecified atom stereocenters. The molecule has 29 heavy (non-hydrogen) atoms. The third kappa shape index (κ3) is 4.95. The van der Waals surface area contributed by atoms with Crippen LogP contribution in [0.4, 0.5) is 4.79 Å². The fraction of sp³-hybridized carbons (Fsp3) is 0.238. The van der Waals surface area contributed by atoms with E-state index >= 15 is 0 Å². The number of thioether (sulfide) groups is 1. The molecule has 7 nitrogen and oxygen atoms in total. The van der Waals surface area contributed by atoms with Gasteiger partial charge < -0.3 is 9.15 Å². The van der Waals surface area contributed by atoms with Gasteiger partial charge in [0.1, 0.15) is 23.7 Å². The quantitative estimate of drug-likeness (QED) is 0.550. The lowest BCUT2D eigenvalue weighted by molar-refractivity contribution is -0.156. The maximum Gasteiger partial charge on any atom is 0.326 e. The predicted molar refractivity (Wildman–Crippen MR) is 107 cm³/mol. The largest absolute Gasteiger partial charge is 0.459 e. The van der Waals surface area contributed by atoms with Crippen molar-refractivity contribution >= 4 is 35.0 Å². The van der Waals surface area contributed by atoms with Crippen LogP contribution < -0.4 is 0 Å². The van der Waals surface area contributed by atoms with E-state index in [1.165, 1.54) is 6.08 Å². The Labute approximate surface area is 171 Å². The van der Waals surface area contributed by atoms with E-state index in [1.54, 1.807) is 57.2 Å². The molecular weight excluding hydrogens is 392 g/mol. The summed E-state index contributed by atoms with van der Waals surface area (Å²) in [5.41, 5.74) is 0.617. The molecule has 0 saturated carbocycles. The first-order chi connectivity index (χ1) is 13.7. The molecule has 1 aliphatic heterocycles. The highest BCUT2D eigenvalue weighted by Crippen LogP contribution is 2.33. The van der Waals surface area contributed by atoms with Crippen molar-refractivity contribution < 1.29 is 23.5 Å². The van der Waals surface area contributed by atoms with Gasteiger partial charge in [-0.05, 0) is 68.9 Å². The molecule has 3 rings (SSSR count). The van der Waals surface area contributed by atoms with Gasteiger partial charge in [0.2, 0.25) is 0 Å². The molecule has 0 bridgehead atoms. The Bertz CT molecular complexity index is 1040. The van der Waals surface area contributed by atoms with Crippen molar-refractivity contribution in [3.63, 3.8) is 0 Å². The van der Waals surface area contributed by atoms with Crippen molar-refractivity contribution in [3.05, 3.63) is 52.6 Å². The van der Waals surface area contributed by atoms with Gasteiger partial charge in [0.05, 0.1) is 16.5 Å². The summed E-state index contributed by atoms with van der Waals surface area (Å²) < 4.78 is 10.9. The van der Waals surface area contributed by atoms with E-state index in [0.717, 1.165) is 22.2 Å². The van der Waals surface area contributed by atoms with Gasteiger partial charge in [-0.25, -0.2) is 0 Å². The molecule has 1 saturated heterocycles. The lowest BCUT2D eigenvalue weighted by Gasteiger charge is -2.21. The average molecular weight is 410 g/mol. The molecule has 0 spiro atoms. The first-order valence-corrected chi connectivity index (χ1v) is 9.55. The van der Waals surface area contributed by atoms with Gasteiger partial charge in [0.25, 0.3) is 11.1 Å². The molecule has 0 N–H and O–H groups in total. The average Bonchev–Trinajstić information content (AvgIpc) is 3.21. The number of nitriles is 1. The zero-order chi connectivity index (χ0) is 21.2. The number of furan rings is 1. The van der Waals surface area contributed by atoms with Crippen LogP contribution in [0.2, 0.25) is 0 Å². The second kappa shape index (κ2) is 7.97. The van der Waals surface area contributed by atoms with Crippen molar-refractivity contribution in [2.45, 2.75) is 26.4 Å². The third-order valence-electron chi connectivity index (χ3n) is 3.78. The number of imide groups is 1. The first kappa shape index (κ1) is 20.4. The molecule has 8 heteroatoms. The van der Waals surface area contributed by atoms with Gasteiger partial charge in [0, 0.05) is 11.6 Å². The van der Waals surface area contributed by atoms with E-state index < -0.39 is 29.3 Å². The van der Waals surface area contributed by atoms with Gasteiger partial charge in [-0.3, -0.25) is 19.3 Å². The highest BCUT2D eigenvalue weighted by Gasteiger charge is 2.37. The van der Waals surface area contributed by atoms with Crippen molar-refractivity contribution in [3.8, 4) is 17.4 Å². The van der Waals surface area contributed by atoms with Crippen molar-refractivity contribution in [1.82, 2.24) is 4.90 Å². The lowest BCUT2D eigenvalue weighted by atomic mass is 10.1. The molecule has 1 aliphatic rings. The number of nitrogens with zero attached hydrogens (tertiary/aromatic N) is 2. The van der Waals surface area contributed by atoms with E-state index in [0.29, 0.717) is 17.1 Å². The van der Waals surface area contributed by atoms with Crippen LogP contribution in [0.15, 0.2) is 45.7 Å². The van der Waals surface area contributed by atoms with Gasteiger partial charge >= 0.3 is 5.97 Å². The van der Waals surface area contributed by atoms with Gasteiger partial charge in [-0.15, -0.1) is 0 Å². The fourth-order valence-corrected chi connectivity index (χ4v) is 3.38. The number of carbonyl (C=O) groups excluding carboxylic acids is 3. The number of carbonyl (C=O) groups is 3. The van der Waals surface area contributed by atoms with E-state index in [1.807, 2.05) is 6.07 Å². The molecule has 0 atom stereocenters. The molecule has 148 valence electrons. The fourth-order valence-electron chi connectivity index (χ4n) is 2.56. The smallest absolute Gasteiger partial charge is 0.326 e. The SMILES string of the molecule is CC(C)(C)OC(=O)CN1C(=O)S/C(=C/c2ccc(-c3ccc(C#N)cc3)o2)C1=O. The van der Waals surface area contributed by atoms with Gasteiger partial charge in [-0.1, -0.05) is 0 Å². The summed E-state index contributed by atoms with van der Waals surface area (Å²) in [7, 11) is 0. The summed E-state index contributed by atoms with van der Waals surface area (Å²) in [6.45, 7) is 4.69. The van der Waals surface area contributed by atoms with Crippen LogP contribution in [0, 0.1) is 11.3 Å². The molecule has 1 fully saturated rings. The maximum absolute atomic E-state index is 12.5. The molecule has 2 amide bonds. The number of amides is 2. The second-order valence-electron chi connectivity index (χ2n) is 7.25. The Kier molecular flexibility index (Phi) is 5.62. The third-order valence-corrected chi connectivity index (χ3v) is 4.69. The van der Waals surface area contributed by atoms with Crippen molar-refractivity contribution in [1.29, 1.82) is 5.26 Å². The lowest BCUT2D eigenvalue weighted by Crippen LogP contribution is -2.37. The summed E-state index contributed by atoms with van der Waals surface area (Å²) in [4.78, 5) is 37.6. The van der Waals surface area contributed by atoms with Crippen LogP contribution in [-0.2, 0) is 14.3 Å². The summed E-state index contributed by atoms with van der Waals surface area (Å²) in [6.07, 6.45) is 1.47. The zero-order valence-electron chi connectivity index (χ0n) is 16.1. The van der Waals surface area contributed by atoms with Crippen LogP contribution in [0.5, 0.6) is 0 Å². The number of hydrogen-bond donors (Lipinski definition) is 0. The molecule has 0 radical (unpaired) electrons. The Morgan fingerprint density at radius 1 is 1.21 bits per heavy atom. The Balaban J connectivity index is 1.73. The van der Waals surface area contributed by atoms with Crippen LogP contribution in [-0.4, -0.2) is 34.2 Å². The predicted octanol–water partition coefficient (Wildman–Crippen LogP) is 4.20. The highest BCUT2D eigenvalue weighted by atomic mass is 32.2. The summed E-state index contributed by atoms with van der Waals surface area (Å²) in [5.74, 6) is -0.259. The monoisotopic (exact) mass is 410 g/mol. The Hall–Kier alpha value is -3.31.